The van der Waals surface area contributed by atoms with Crippen LogP contribution in [0.4, 0.5) is 8.78 Å². The zero-order chi connectivity index (χ0) is 14.2. The van der Waals surface area contributed by atoms with Crippen molar-refractivity contribution >= 4 is 21.7 Å². The Kier molecular flexibility index (Phi) is 3.80. The Morgan fingerprint density at radius 2 is 1.68 bits per heavy atom. The lowest BCUT2D eigenvalue weighted by Gasteiger charge is -2.06. The molecule has 2 aromatic rings. The van der Waals surface area contributed by atoms with Crippen LogP contribution < -0.4 is 0 Å². The number of hydrogen-bond acceptors (Lipinski definition) is 1. The molecule has 0 atom stereocenters. The summed E-state index contributed by atoms with van der Waals surface area (Å²) in [5.74, 6) is -1.92. The van der Waals surface area contributed by atoms with Gasteiger partial charge in [0.15, 0.2) is 5.78 Å². The number of benzene rings is 2. The molecule has 98 valence electrons. The molecular weight excluding hydrogens is 314 g/mol. The Labute approximate surface area is 118 Å². The average Bonchev–Trinajstić information content (AvgIpc) is 2.36. The SMILES string of the molecule is Cc1ccc(C(=O)c2cc(F)c(Br)cc2F)cc1C. The van der Waals surface area contributed by atoms with Gasteiger partial charge in [-0.05, 0) is 59.1 Å². The first-order valence-electron chi connectivity index (χ1n) is 5.66. The van der Waals surface area contributed by atoms with Crippen LogP contribution in [0.3, 0.4) is 0 Å². The van der Waals surface area contributed by atoms with Crippen LogP contribution >= 0.6 is 15.9 Å². The molecule has 0 fully saturated rings. The van der Waals surface area contributed by atoms with Crippen LogP contribution in [-0.4, -0.2) is 5.78 Å². The quantitative estimate of drug-likeness (QED) is 0.584. The summed E-state index contributed by atoms with van der Waals surface area (Å²) in [6.45, 7) is 3.79. The highest BCUT2D eigenvalue weighted by atomic mass is 79.9. The molecule has 19 heavy (non-hydrogen) atoms. The van der Waals surface area contributed by atoms with Crippen molar-refractivity contribution in [3.05, 3.63) is 68.7 Å². The zero-order valence-corrected chi connectivity index (χ0v) is 12.0. The minimum Gasteiger partial charge on any atom is -0.288 e. The third-order valence-corrected chi connectivity index (χ3v) is 3.63. The normalized spacial score (nSPS) is 10.6. The summed E-state index contributed by atoms with van der Waals surface area (Å²) in [7, 11) is 0. The van der Waals surface area contributed by atoms with Gasteiger partial charge in [0.2, 0.25) is 0 Å². The monoisotopic (exact) mass is 324 g/mol. The Balaban J connectivity index is 2.49. The fourth-order valence-corrected chi connectivity index (χ4v) is 2.05. The molecule has 0 aliphatic heterocycles. The molecular formula is C15H11BrF2O. The third-order valence-electron chi connectivity index (χ3n) is 3.02. The lowest BCUT2D eigenvalue weighted by Crippen LogP contribution is -2.06. The number of ketones is 1. The fourth-order valence-electron chi connectivity index (χ4n) is 1.73. The van der Waals surface area contributed by atoms with Crippen LogP contribution in [0.15, 0.2) is 34.8 Å². The van der Waals surface area contributed by atoms with Crippen LogP contribution in [0.2, 0.25) is 0 Å². The van der Waals surface area contributed by atoms with E-state index in [0.717, 1.165) is 23.3 Å². The number of halogens is 3. The van der Waals surface area contributed by atoms with Gasteiger partial charge in [-0.1, -0.05) is 12.1 Å². The maximum atomic E-state index is 13.7. The van der Waals surface area contributed by atoms with E-state index in [2.05, 4.69) is 15.9 Å². The van der Waals surface area contributed by atoms with Gasteiger partial charge in [0.1, 0.15) is 11.6 Å². The standard InChI is InChI=1S/C15H11BrF2O/c1-8-3-4-10(5-9(8)2)15(19)11-6-14(18)12(16)7-13(11)17/h3-7H,1-2H3. The second-order valence-corrected chi connectivity index (χ2v) is 5.23. The molecule has 0 aliphatic carbocycles. The smallest absolute Gasteiger partial charge is 0.196 e. The molecule has 0 bridgehead atoms. The van der Waals surface area contributed by atoms with Gasteiger partial charge in [0.25, 0.3) is 0 Å². The molecule has 0 aromatic heterocycles. The van der Waals surface area contributed by atoms with Crippen molar-refractivity contribution in [2.24, 2.45) is 0 Å². The third kappa shape index (κ3) is 2.73. The molecule has 2 aromatic carbocycles. The first kappa shape index (κ1) is 13.9. The molecule has 4 heteroatoms. The van der Waals surface area contributed by atoms with Crippen LogP contribution in [0.1, 0.15) is 27.0 Å². The second-order valence-electron chi connectivity index (χ2n) is 4.37. The Bertz CT molecular complexity index is 665. The van der Waals surface area contributed by atoms with E-state index < -0.39 is 17.4 Å². The van der Waals surface area contributed by atoms with E-state index in [4.69, 9.17) is 0 Å². The molecule has 0 spiro atoms. The molecule has 0 unspecified atom stereocenters. The van der Waals surface area contributed by atoms with Gasteiger partial charge in [0, 0.05) is 5.56 Å². The van der Waals surface area contributed by atoms with Crippen LogP contribution in [-0.2, 0) is 0 Å². The number of hydrogen-bond donors (Lipinski definition) is 0. The maximum absolute atomic E-state index is 13.7. The molecule has 0 saturated carbocycles. The second kappa shape index (κ2) is 5.21. The summed E-state index contributed by atoms with van der Waals surface area (Å²) in [5.41, 5.74) is 2.07. The molecule has 0 heterocycles. The van der Waals surface area contributed by atoms with Crippen molar-refractivity contribution in [3.63, 3.8) is 0 Å². The van der Waals surface area contributed by atoms with Crippen molar-refractivity contribution in [1.82, 2.24) is 0 Å². The van der Waals surface area contributed by atoms with Crippen molar-refractivity contribution in [1.29, 1.82) is 0 Å². The minimum atomic E-state index is -0.739. The molecule has 0 amide bonds. The largest absolute Gasteiger partial charge is 0.288 e. The molecule has 1 nitrogen and oxygen atoms in total. The summed E-state index contributed by atoms with van der Waals surface area (Å²) in [5, 5.41) is 0. The molecule has 0 saturated heterocycles. The van der Waals surface area contributed by atoms with Crippen molar-refractivity contribution in [2.45, 2.75) is 13.8 Å². The van der Waals surface area contributed by atoms with Crippen LogP contribution in [0.5, 0.6) is 0 Å². The lowest BCUT2D eigenvalue weighted by molar-refractivity contribution is 0.103. The first-order chi connectivity index (χ1) is 8.90. The van der Waals surface area contributed by atoms with E-state index >= 15 is 0 Å². The first-order valence-corrected chi connectivity index (χ1v) is 6.46. The molecule has 0 N–H and O–H groups in total. The molecule has 2 rings (SSSR count). The lowest BCUT2D eigenvalue weighted by atomic mass is 9.99. The Morgan fingerprint density at radius 3 is 2.32 bits per heavy atom. The van der Waals surface area contributed by atoms with Gasteiger partial charge in [-0.3, -0.25) is 4.79 Å². The van der Waals surface area contributed by atoms with Crippen molar-refractivity contribution in [3.8, 4) is 0 Å². The van der Waals surface area contributed by atoms with Gasteiger partial charge < -0.3 is 0 Å². The van der Waals surface area contributed by atoms with Gasteiger partial charge in [-0.15, -0.1) is 0 Å². The summed E-state index contributed by atoms with van der Waals surface area (Å²) in [6, 6.07) is 6.96. The van der Waals surface area contributed by atoms with Gasteiger partial charge >= 0.3 is 0 Å². The van der Waals surface area contributed by atoms with Crippen molar-refractivity contribution in [2.75, 3.05) is 0 Å². The Morgan fingerprint density at radius 1 is 1.00 bits per heavy atom. The average molecular weight is 325 g/mol. The predicted molar refractivity (Wildman–Crippen MR) is 73.4 cm³/mol. The molecule has 0 radical (unpaired) electrons. The number of aryl methyl sites for hydroxylation is 2. The Hall–Kier alpha value is -1.55. The van der Waals surface area contributed by atoms with Crippen LogP contribution in [0, 0.1) is 25.5 Å². The number of rotatable bonds is 2. The maximum Gasteiger partial charge on any atom is 0.196 e. The van der Waals surface area contributed by atoms with Gasteiger partial charge in [-0.2, -0.15) is 0 Å². The summed E-state index contributed by atoms with van der Waals surface area (Å²) < 4.78 is 27.1. The molecule has 0 aliphatic rings. The van der Waals surface area contributed by atoms with Crippen LogP contribution in [0.25, 0.3) is 0 Å². The number of carbonyl (C=O) groups is 1. The van der Waals surface area contributed by atoms with E-state index in [0.29, 0.717) is 5.56 Å². The highest BCUT2D eigenvalue weighted by molar-refractivity contribution is 9.10. The van der Waals surface area contributed by atoms with Crippen molar-refractivity contribution < 1.29 is 13.6 Å². The van der Waals surface area contributed by atoms with E-state index in [1.165, 1.54) is 0 Å². The highest BCUT2D eigenvalue weighted by Crippen LogP contribution is 2.22. The van der Waals surface area contributed by atoms with E-state index in [-0.39, 0.29) is 10.0 Å². The van der Waals surface area contributed by atoms with Gasteiger partial charge in [0.05, 0.1) is 10.0 Å². The summed E-state index contributed by atoms with van der Waals surface area (Å²) in [4.78, 5) is 12.2. The minimum absolute atomic E-state index is 0.00152. The topological polar surface area (TPSA) is 17.1 Å². The fraction of sp³-hybridized carbons (Fsp3) is 0.133. The van der Waals surface area contributed by atoms with Gasteiger partial charge in [-0.25, -0.2) is 8.78 Å². The zero-order valence-electron chi connectivity index (χ0n) is 10.4. The summed E-state index contributed by atoms with van der Waals surface area (Å²) in [6.07, 6.45) is 0. The van der Waals surface area contributed by atoms with E-state index in [1.54, 1.807) is 18.2 Å². The predicted octanol–water partition coefficient (Wildman–Crippen LogP) is 4.58. The summed E-state index contributed by atoms with van der Waals surface area (Å²) >= 11 is 2.88. The van der Waals surface area contributed by atoms with E-state index in [1.807, 2.05) is 13.8 Å². The van der Waals surface area contributed by atoms with E-state index in [9.17, 15) is 13.6 Å². The number of carbonyl (C=O) groups excluding carboxylic acids is 1. The highest BCUT2D eigenvalue weighted by Gasteiger charge is 2.17.